The molecule has 0 amide bonds. The fourth-order valence-corrected chi connectivity index (χ4v) is 1.58. The average molecular weight is 325 g/mol. The van der Waals surface area contributed by atoms with Gasteiger partial charge in [0, 0.05) is 0 Å². The maximum absolute atomic E-state index is 14.0. The molecule has 0 radical (unpaired) electrons. The summed E-state index contributed by atoms with van der Waals surface area (Å²) in [6.45, 7) is 4.14. The third kappa shape index (κ3) is 5.61. The highest BCUT2D eigenvalue weighted by molar-refractivity contribution is 5.99. The standard InChI is InChI=1S/C16H20FNO5/c1-10(2)9-23-15-11(17)6-5-7-12(15)18-13(16(20)22-4)8-14(19)21-3/h5-8,10,18H,9H2,1-4H3/b13-8+. The van der Waals surface area contributed by atoms with Gasteiger partial charge >= 0.3 is 11.9 Å². The van der Waals surface area contributed by atoms with Crippen molar-refractivity contribution in [1.29, 1.82) is 0 Å². The summed E-state index contributed by atoms with van der Waals surface area (Å²) in [4.78, 5) is 23.1. The first-order valence-corrected chi connectivity index (χ1v) is 6.95. The molecule has 0 aliphatic rings. The zero-order valence-electron chi connectivity index (χ0n) is 13.5. The van der Waals surface area contributed by atoms with Crippen molar-refractivity contribution in [2.24, 2.45) is 5.92 Å². The van der Waals surface area contributed by atoms with Crippen LogP contribution in [-0.2, 0) is 19.1 Å². The molecule has 0 unspecified atom stereocenters. The van der Waals surface area contributed by atoms with E-state index in [1.165, 1.54) is 25.3 Å². The molecule has 0 aromatic heterocycles. The van der Waals surface area contributed by atoms with Gasteiger partial charge < -0.3 is 19.5 Å². The Morgan fingerprint density at radius 1 is 1.26 bits per heavy atom. The summed E-state index contributed by atoms with van der Waals surface area (Å²) in [5.41, 5.74) is 0.00514. The van der Waals surface area contributed by atoms with Crippen molar-refractivity contribution in [3.8, 4) is 5.75 Å². The molecule has 6 nitrogen and oxygen atoms in total. The molecule has 0 aliphatic heterocycles. The second kappa shape index (κ2) is 8.77. The van der Waals surface area contributed by atoms with Crippen LogP contribution in [0.5, 0.6) is 5.75 Å². The van der Waals surface area contributed by atoms with Crippen LogP contribution in [0.15, 0.2) is 30.0 Å². The third-order valence-electron chi connectivity index (χ3n) is 2.67. The quantitative estimate of drug-likeness (QED) is 0.613. The molecule has 0 heterocycles. The number of carbonyl (C=O) groups is 2. The first-order valence-electron chi connectivity index (χ1n) is 6.95. The van der Waals surface area contributed by atoms with E-state index in [1.807, 2.05) is 13.8 Å². The number of benzene rings is 1. The van der Waals surface area contributed by atoms with E-state index < -0.39 is 17.8 Å². The van der Waals surface area contributed by atoms with Crippen LogP contribution in [0, 0.1) is 11.7 Å². The summed E-state index contributed by atoms with van der Waals surface area (Å²) in [7, 11) is 2.34. The Balaban J connectivity index is 3.13. The minimum Gasteiger partial charge on any atom is -0.488 e. The summed E-state index contributed by atoms with van der Waals surface area (Å²) in [6, 6.07) is 4.21. The van der Waals surface area contributed by atoms with Crippen molar-refractivity contribution in [1.82, 2.24) is 0 Å². The summed E-state index contributed by atoms with van der Waals surface area (Å²) in [5.74, 6) is -1.99. The SMILES string of the molecule is COC(=O)/C=C(/Nc1cccc(F)c1OCC(C)C)C(=O)OC. The topological polar surface area (TPSA) is 73.9 Å². The molecule has 1 N–H and O–H groups in total. The fourth-order valence-electron chi connectivity index (χ4n) is 1.58. The molecule has 0 fully saturated rings. The molecule has 0 saturated carbocycles. The van der Waals surface area contributed by atoms with Crippen molar-refractivity contribution in [2.45, 2.75) is 13.8 Å². The monoisotopic (exact) mass is 325 g/mol. The van der Waals surface area contributed by atoms with E-state index in [1.54, 1.807) is 0 Å². The Kier molecular flexibility index (Phi) is 7.05. The van der Waals surface area contributed by atoms with Gasteiger partial charge in [0.15, 0.2) is 11.6 Å². The van der Waals surface area contributed by atoms with E-state index in [4.69, 9.17) is 4.74 Å². The fraction of sp³-hybridized carbons (Fsp3) is 0.375. The largest absolute Gasteiger partial charge is 0.488 e. The summed E-state index contributed by atoms with van der Waals surface area (Å²) >= 11 is 0. The summed E-state index contributed by atoms with van der Waals surface area (Å²) < 4.78 is 28.5. The second-order valence-corrected chi connectivity index (χ2v) is 5.02. The normalized spacial score (nSPS) is 11.1. The smallest absolute Gasteiger partial charge is 0.354 e. The van der Waals surface area contributed by atoms with Crippen LogP contribution >= 0.6 is 0 Å². The Labute approximate surface area is 134 Å². The lowest BCUT2D eigenvalue weighted by atomic mass is 10.2. The second-order valence-electron chi connectivity index (χ2n) is 5.02. The number of esters is 2. The van der Waals surface area contributed by atoms with Crippen molar-refractivity contribution in [3.63, 3.8) is 0 Å². The van der Waals surface area contributed by atoms with Crippen LogP contribution in [0.3, 0.4) is 0 Å². The molecule has 23 heavy (non-hydrogen) atoms. The van der Waals surface area contributed by atoms with E-state index in [2.05, 4.69) is 14.8 Å². The number of hydrogen-bond acceptors (Lipinski definition) is 6. The number of rotatable bonds is 7. The molecule has 1 aromatic carbocycles. The Morgan fingerprint density at radius 2 is 1.96 bits per heavy atom. The Morgan fingerprint density at radius 3 is 2.52 bits per heavy atom. The van der Waals surface area contributed by atoms with Gasteiger partial charge in [-0.3, -0.25) is 0 Å². The first-order chi connectivity index (χ1) is 10.9. The van der Waals surface area contributed by atoms with E-state index in [0.717, 1.165) is 13.2 Å². The molecular weight excluding hydrogens is 305 g/mol. The lowest BCUT2D eigenvalue weighted by Gasteiger charge is -2.16. The van der Waals surface area contributed by atoms with Crippen LogP contribution in [0.25, 0.3) is 0 Å². The van der Waals surface area contributed by atoms with Crippen LogP contribution in [-0.4, -0.2) is 32.8 Å². The minimum absolute atomic E-state index is 0.0409. The van der Waals surface area contributed by atoms with Gasteiger partial charge in [-0.15, -0.1) is 0 Å². The van der Waals surface area contributed by atoms with Gasteiger partial charge in [0.25, 0.3) is 0 Å². The van der Waals surface area contributed by atoms with Crippen LogP contribution in [0.1, 0.15) is 13.8 Å². The number of hydrogen-bond donors (Lipinski definition) is 1. The van der Waals surface area contributed by atoms with Crippen LogP contribution < -0.4 is 10.1 Å². The molecule has 0 bridgehead atoms. The maximum Gasteiger partial charge on any atom is 0.354 e. The van der Waals surface area contributed by atoms with Crippen LogP contribution in [0.4, 0.5) is 10.1 Å². The van der Waals surface area contributed by atoms with Crippen molar-refractivity contribution >= 4 is 17.6 Å². The molecule has 1 aromatic rings. The molecule has 7 heteroatoms. The number of methoxy groups -OCH3 is 2. The number of carbonyl (C=O) groups excluding carboxylic acids is 2. The van der Waals surface area contributed by atoms with E-state index in [-0.39, 0.29) is 23.1 Å². The number of anilines is 1. The Bertz CT molecular complexity index is 598. The Hall–Kier alpha value is -2.57. The van der Waals surface area contributed by atoms with Crippen molar-refractivity contribution in [2.75, 3.05) is 26.1 Å². The zero-order chi connectivity index (χ0) is 17.4. The van der Waals surface area contributed by atoms with Gasteiger partial charge in [-0.2, -0.15) is 0 Å². The zero-order valence-corrected chi connectivity index (χ0v) is 13.5. The average Bonchev–Trinajstić information content (AvgIpc) is 2.52. The highest BCUT2D eigenvalue weighted by Crippen LogP contribution is 2.29. The van der Waals surface area contributed by atoms with Crippen molar-refractivity contribution in [3.05, 3.63) is 35.8 Å². The molecule has 126 valence electrons. The van der Waals surface area contributed by atoms with E-state index >= 15 is 0 Å². The van der Waals surface area contributed by atoms with Gasteiger partial charge in [0.2, 0.25) is 0 Å². The van der Waals surface area contributed by atoms with Crippen molar-refractivity contribution < 1.29 is 28.2 Å². The first kappa shape index (κ1) is 18.5. The minimum atomic E-state index is -0.797. The lowest BCUT2D eigenvalue weighted by Crippen LogP contribution is -2.16. The van der Waals surface area contributed by atoms with E-state index in [0.29, 0.717) is 6.61 Å². The number of para-hydroxylation sites is 1. The molecule has 0 aliphatic carbocycles. The van der Waals surface area contributed by atoms with Gasteiger partial charge in [-0.25, -0.2) is 14.0 Å². The molecule has 0 spiro atoms. The highest BCUT2D eigenvalue weighted by atomic mass is 19.1. The summed E-state index contributed by atoms with van der Waals surface area (Å²) in [5, 5.41) is 2.65. The summed E-state index contributed by atoms with van der Waals surface area (Å²) in [6.07, 6.45) is 0.920. The molecule has 0 saturated heterocycles. The van der Waals surface area contributed by atoms with Gasteiger partial charge in [0.05, 0.1) is 32.6 Å². The number of ether oxygens (including phenoxy) is 3. The predicted molar refractivity (Wildman–Crippen MR) is 82.5 cm³/mol. The van der Waals surface area contributed by atoms with E-state index in [9.17, 15) is 14.0 Å². The predicted octanol–water partition coefficient (Wildman–Crippen LogP) is 2.50. The molecule has 0 atom stereocenters. The number of halogens is 1. The molecular formula is C16H20FNO5. The third-order valence-corrected chi connectivity index (χ3v) is 2.67. The highest BCUT2D eigenvalue weighted by Gasteiger charge is 2.17. The molecule has 1 rings (SSSR count). The van der Waals surface area contributed by atoms with Crippen LogP contribution in [0.2, 0.25) is 0 Å². The van der Waals surface area contributed by atoms with Gasteiger partial charge in [-0.05, 0) is 18.1 Å². The maximum atomic E-state index is 14.0. The van der Waals surface area contributed by atoms with Gasteiger partial charge in [-0.1, -0.05) is 19.9 Å². The lowest BCUT2D eigenvalue weighted by molar-refractivity contribution is -0.138. The van der Waals surface area contributed by atoms with Gasteiger partial charge in [0.1, 0.15) is 5.70 Å². The number of nitrogens with one attached hydrogen (secondary N) is 1.